The summed E-state index contributed by atoms with van der Waals surface area (Å²) in [4.78, 5) is 8.21. The molecule has 0 spiro atoms. The highest BCUT2D eigenvalue weighted by atomic mass is 79.9. The van der Waals surface area contributed by atoms with Crippen LogP contribution in [0.1, 0.15) is 17.3 Å². The van der Waals surface area contributed by atoms with E-state index in [1.165, 1.54) is 0 Å². The molecular weight excluding hydrogens is 282 g/mol. The van der Waals surface area contributed by atoms with Crippen molar-refractivity contribution in [3.8, 4) is 5.75 Å². The van der Waals surface area contributed by atoms with Gasteiger partial charge in [0.2, 0.25) is 0 Å². The van der Waals surface area contributed by atoms with Crippen LogP contribution in [0.15, 0.2) is 41.3 Å². The predicted octanol–water partition coefficient (Wildman–Crippen LogP) is 2.30. The highest BCUT2D eigenvalue weighted by Crippen LogP contribution is 2.29. The van der Waals surface area contributed by atoms with Crippen LogP contribution in [0.25, 0.3) is 0 Å². The molecule has 2 aromatic rings. The lowest BCUT2D eigenvalue weighted by molar-refractivity contribution is 0.407. The summed E-state index contributed by atoms with van der Waals surface area (Å²) in [6.07, 6.45) is 4.90. The van der Waals surface area contributed by atoms with Crippen LogP contribution in [0.4, 0.5) is 0 Å². The first-order valence-corrected chi connectivity index (χ1v) is 5.86. The van der Waals surface area contributed by atoms with Gasteiger partial charge in [0.15, 0.2) is 0 Å². The van der Waals surface area contributed by atoms with Gasteiger partial charge in [-0.2, -0.15) is 0 Å². The molecule has 0 aliphatic heterocycles. The number of benzene rings is 1. The van der Waals surface area contributed by atoms with E-state index in [9.17, 15) is 0 Å². The Hall–Kier alpha value is -1.46. The van der Waals surface area contributed by atoms with Gasteiger partial charge < -0.3 is 10.5 Å². The number of hydrogen-bond donors (Lipinski definition) is 1. The van der Waals surface area contributed by atoms with Gasteiger partial charge in [-0.3, -0.25) is 9.97 Å². The molecule has 0 saturated heterocycles. The predicted molar refractivity (Wildman–Crippen MR) is 68.8 cm³/mol. The van der Waals surface area contributed by atoms with E-state index in [4.69, 9.17) is 10.5 Å². The van der Waals surface area contributed by atoms with Crippen LogP contribution >= 0.6 is 15.9 Å². The van der Waals surface area contributed by atoms with E-state index in [0.29, 0.717) is 5.69 Å². The van der Waals surface area contributed by atoms with Crippen molar-refractivity contribution in [2.75, 3.05) is 7.11 Å². The van der Waals surface area contributed by atoms with Crippen molar-refractivity contribution in [2.24, 2.45) is 5.73 Å². The lowest BCUT2D eigenvalue weighted by Gasteiger charge is -2.15. The first-order chi connectivity index (χ1) is 8.22. The summed E-state index contributed by atoms with van der Waals surface area (Å²) >= 11 is 3.39. The average molecular weight is 294 g/mol. The molecule has 0 bridgehead atoms. The lowest BCUT2D eigenvalue weighted by Crippen LogP contribution is -2.14. The molecular formula is C12H12BrN3O. The number of methoxy groups -OCH3 is 1. The molecule has 17 heavy (non-hydrogen) atoms. The van der Waals surface area contributed by atoms with Crippen LogP contribution in [0, 0.1) is 0 Å². The first-order valence-electron chi connectivity index (χ1n) is 5.07. The van der Waals surface area contributed by atoms with Crippen molar-refractivity contribution in [1.29, 1.82) is 0 Å². The van der Waals surface area contributed by atoms with Crippen molar-refractivity contribution in [2.45, 2.75) is 6.04 Å². The van der Waals surface area contributed by atoms with E-state index in [-0.39, 0.29) is 6.04 Å². The van der Waals surface area contributed by atoms with Gasteiger partial charge in [0.25, 0.3) is 0 Å². The van der Waals surface area contributed by atoms with E-state index in [1.807, 2.05) is 18.2 Å². The molecule has 1 unspecified atom stereocenters. The third-order valence-corrected chi connectivity index (χ3v) is 2.93. The number of hydrogen-bond acceptors (Lipinski definition) is 4. The van der Waals surface area contributed by atoms with Crippen LogP contribution in [-0.4, -0.2) is 17.1 Å². The molecule has 1 aromatic heterocycles. The number of nitrogens with zero attached hydrogens (tertiary/aromatic N) is 2. The zero-order chi connectivity index (χ0) is 12.3. The van der Waals surface area contributed by atoms with Gasteiger partial charge in [-0.15, -0.1) is 0 Å². The minimum absolute atomic E-state index is 0.341. The maximum atomic E-state index is 6.14. The quantitative estimate of drug-likeness (QED) is 0.943. The van der Waals surface area contributed by atoms with E-state index in [0.717, 1.165) is 15.8 Å². The van der Waals surface area contributed by atoms with Crippen LogP contribution in [0.2, 0.25) is 0 Å². The molecule has 0 saturated carbocycles. The molecule has 88 valence electrons. The molecule has 5 heteroatoms. The van der Waals surface area contributed by atoms with Crippen LogP contribution in [0.3, 0.4) is 0 Å². The third kappa shape index (κ3) is 2.62. The maximum absolute atomic E-state index is 6.14. The Bertz CT molecular complexity index is 504. The van der Waals surface area contributed by atoms with Gasteiger partial charge >= 0.3 is 0 Å². The topological polar surface area (TPSA) is 61.0 Å². The summed E-state index contributed by atoms with van der Waals surface area (Å²) in [5.41, 5.74) is 7.75. The summed E-state index contributed by atoms with van der Waals surface area (Å²) in [7, 11) is 1.62. The average Bonchev–Trinajstić information content (AvgIpc) is 2.39. The summed E-state index contributed by atoms with van der Waals surface area (Å²) in [6.45, 7) is 0. The second-order valence-corrected chi connectivity index (χ2v) is 4.41. The number of nitrogens with two attached hydrogens (primary N) is 1. The van der Waals surface area contributed by atoms with Crippen LogP contribution in [0.5, 0.6) is 5.75 Å². The largest absolute Gasteiger partial charge is 0.496 e. The highest BCUT2D eigenvalue weighted by Gasteiger charge is 2.15. The Morgan fingerprint density at radius 2 is 2.18 bits per heavy atom. The first kappa shape index (κ1) is 12.0. The molecule has 4 nitrogen and oxygen atoms in total. The molecule has 0 radical (unpaired) electrons. The molecule has 0 aliphatic rings. The summed E-state index contributed by atoms with van der Waals surface area (Å²) < 4.78 is 6.26. The fraction of sp³-hybridized carbons (Fsp3) is 0.167. The van der Waals surface area contributed by atoms with Gasteiger partial charge in [0.1, 0.15) is 5.75 Å². The smallest absolute Gasteiger partial charge is 0.125 e. The van der Waals surface area contributed by atoms with Crippen molar-refractivity contribution in [3.63, 3.8) is 0 Å². The molecule has 1 aromatic carbocycles. The Morgan fingerprint density at radius 1 is 1.35 bits per heavy atom. The standard InChI is InChI=1S/C12H12BrN3O/c1-17-11-6-8(13)2-3-9(11)12(14)10-7-15-4-5-16-10/h2-7,12H,14H2,1H3. The molecule has 2 N–H and O–H groups in total. The second-order valence-electron chi connectivity index (χ2n) is 3.49. The van der Waals surface area contributed by atoms with E-state index in [2.05, 4.69) is 25.9 Å². The molecule has 0 aliphatic carbocycles. The fourth-order valence-electron chi connectivity index (χ4n) is 1.57. The van der Waals surface area contributed by atoms with Crippen LogP contribution < -0.4 is 10.5 Å². The molecule has 1 heterocycles. The minimum Gasteiger partial charge on any atom is -0.496 e. The summed E-state index contributed by atoms with van der Waals surface area (Å²) in [5, 5.41) is 0. The number of ether oxygens (including phenoxy) is 1. The van der Waals surface area contributed by atoms with Gasteiger partial charge in [-0.1, -0.05) is 22.0 Å². The Kier molecular flexibility index (Phi) is 3.71. The van der Waals surface area contributed by atoms with Crippen molar-refractivity contribution >= 4 is 15.9 Å². The number of aromatic nitrogens is 2. The monoisotopic (exact) mass is 293 g/mol. The maximum Gasteiger partial charge on any atom is 0.125 e. The van der Waals surface area contributed by atoms with Gasteiger partial charge in [-0.05, 0) is 12.1 Å². The fourth-order valence-corrected chi connectivity index (χ4v) is 1.91. The Labute approximate surface area is 108 Å². The van der Waals surface area contributed by atoms with E-state index < -0.39 is 0 Å². The third-order valence-electron chi connectivity index (χ3n) is 2.43. The molecule has 2 rings (SSSR count). The van der Waals surface area contributed by atoms with Gasteiger partial charge in [0, 0.05) is 22.4 Å². The summed E-state index contributed by atoms with van der Waals surface area (Å²) in [5.74, 6) is 0.734. The van der Waals surface area contributed by atoms with E-state index >= 15 is 0 Å². The lowest BCUT2D eigenvalue weighted by atomic mass is 10.0. The van der Waals surface area contributed by atoms with Gasteiger partial charge in [-0.25, -0.2) is 0 Å². The van der Waals surface area contributed by atoms with Crippen molar-refractivity contribution in [1.82, 2.24) is 9.97 Å². The highest BCUT2D eigenvalue weighted by molar-refractivity contribution is 9.10. The van der Waals surface area contributed by atoms with Crippen LogP contribution in [-0.2, 0) is 0 Å². The number of rotatable bonds is 3. The normalized spacial score (nSPS) is 12.2. The molecule has 1 atom stereocenters. The van der Waals surface area contributed by atoms with Crippen molar-refractivity contribution < 1.29 is 4.74 Å². The molecule has 0 amide bonds. The number of halogens is 1. The van der Waals surface area contributed by atoms with Crippen molar-refractivity contribution in [3.05, 3.63) is 52.5 Å². The summed E-state index contributed by atoms with van der Waals surface area (Å²) in [6, 6.07) is 5.38. The molecule has 0 fully saturated rings. The Balaban J connectivity index is 2.40. The van der Waals surface area contributed by atoms with Gasteiger partial charge in [0.05, 0.1) is 25.0 Å². The SMILES string of the molecule is COc1cc(Br)ccc1C(N)c1cnccn1. The van der Waals surface area contributed by atoms with E-state index in [1.54, 1.807) is 25.7 Å². The zero-order valence-electron chi connectivity index (χ0n) is 9.30. The minimum atomic E-state index is -0.341. The second kappa shape index (κ2) is 5.25. The zero-order valence-corrected chi connectivity index (χ0v) is 10.9. The Morgan fingerprint density at radius 3 is 2.82 bits per heavy atom.